The van der Waals surface area contributed by atoms with Crippen molar-refractivity contribution < 1.29 is 9.32 Å². The number of anilines is 2. The Morgan fingerprint density at radius 3 is 2.62 bits per heavy atom. The Morgan fingerprint density at radius 1 is 1.09 bits per heavy atom. The van der Waals surface area contributed by atoms with Crippen LogP contribution < -0.4 is 21.5 Å². The number of carbonyl (C=O) groups excluding carboxylic acids is 1. The number of nitrogens with zero attached hydrogens (tertiary/aromatic N) is 4. The highest BCUT2D eigenvalue weighted by atomic mass is 16.5. The second-order valence-corrected chi connectivity index (χ2v) is 9.21. The van der Waals surface area contributed by atoms with Gasteiger partial charge in [-0.3, -0.25) is 9.59 Å². The van der Waals surface area contributed by atoms with Crippen molar-refractivity contribution in [2.24, 2.45) is 5.92 Å². The lowest BCUT2D eigenvalue weighted by molar-refractivity contribution is 0.0910. The van der Waals surface area contributed by atoms with Gasteiger partial charge in [-0.1, -0.05) is 5.16 Å². The molecule has 5 rings (SSSR count). The van der Waals surface area contributed by atoms with E-state index >= 15 is 0 Å². The monoisotopic (exact) mass is 463 g/mol. The number of aryl methyl sites for hydroxylation is 1. The number of amides is 1. The zero-order chi connectivity index (χ0) is 23.5. The van der Waals surface area contributed by atoms with Crippen LogP contribution in [0.3, 0.4) is 0 Å². The van der Waals surface area contributed by atoms with Crippen LogP contribution in [0.2, 0.25) is 0 Å². The lowest BCUT2D eigenvalue weighted by Crippen LogP contribution is -2.29. The zero-order valence-corrected chi connectivity index (χ0v) is 19.2. The fourth-order valence-electron chi connectivity index (χ4n) is 4.43. The topological polar surface area (TPSA) is 127 Å². The summed E-state index contributed by atoms with van der Waals surface area (Å²) in [5, 5.41) is 18.0. The molecule has 3 N–H and O–H groups in total. The number of aromatic nitrogens is 4. The third-order valence-electron chi connectivity index (χ3n) is 6.55. The van der Waals surface area contributed by atoms with Crippen LogP contribution in [0.4, 0.5) is 11.6 Å². The zero-order valence-electron chi connectivity index (χ0n) is 19.2. The molecule has 0 bridgehead atoms. The molecule has 178 valence electrons. The Hall–Kier alpha value is -3.69. The van der Waals surface area contributed by atoms with Crippen molar-refractivity contribution in [2.45, 2.75) is 57.5 Å². The van der Waals surface area contributed by atoms with Crippen molar-refractivity contribution >= 4 is 17.5 Å². The summed E-state index contributed by atoms with van der Waals surface area (Å²) >= 11 is 0. The number of pyridine rings is 1. The maximum Gasteiger partial charge on any atom is 0.289 e. The van der Waals surface area contributed by atoms with E-state index in [0.717, 1.165) is 37.9 Å². The Kier molecular flexibility index (Phi) is 6.29. The second-order valence-electron chi connectivity index (χ2n) is 9.21. The molecule has 0 aliphatic heterocycles. The van der Waals surface area contributed by atoms with Crippen LogP contribution in [-0.2, 0) is 0 Å². The van der Waals surface area contributed by atoms with Gasteiger partial charge in [-0.15, -0.1) is 5.10 Å². The number of nitrogens with one attached hydrogen (secondary N) is 3. The summed E-state index contributed by atoms with van der Waals surface area (Å²) in [7, 11) is 0. The molecule has 10 nitrogen and oxygen atoms in total. The normalized spacial score (nSPS) is 20.0. The molecule has 2 fully saturated rings. The summed E-state index contributed by atoms with van der Waals surface area (Å²) in [4.78, 5) is 29.0. The van der Waals surface area contributed by atoms with Gasteiger partial charge in [0.1, 0.15) is 11.6 Å². The maximum absolute atomic E-state index is 12.3. The van der Waals surface area contributed by atoms with E-state index in [1.165, 1.54) is 17.2 Å². The van der Waals surface area contributed by atoms with Crippen molar-refractivity contribution in [3.63, 3.8) is 0 Å². The predicted octanol–water partition coefficient (Wildman–Crippen LogP) is 2.90. The van der Waals surface area contributed by atoms with Crippen LogP contribution in [0.15, 0.2) is 45.8 Å². The van der Waals surface area contributed by atoms with Crippen LogP contribution in [0.5, 0.6) is 0 Å². The Bertz CT molecular complexity index is 1200. The molecule has 2 saturated carbocycles. The lowest BCUT2D eigenvalue weighted by Gasteiger charge is -2.26. The molecule has 2 atom stereocenters. The highest BCUT2D eigenvalue weighted by Crippen LogP contribution is 2.27. The molecule has 1 amide bonds. The standard InChI is InChI=1S/C24H29N7O3/c1-15-11-20(34-30-15)24(33)26-13-16-5-6-18(12-16)28-21-8-7-19(14-25-21)31-23(32)10-9-22(29-31)27-17-3-2-4-17/h7-11,14,16-18H,2-6,12-13H2,1H3,(H,25,28)(H,26,33)(H,27,29)/t16-,18+/m0/s1. The Morgan fingerprint density at radius 2 is 1.91 bits per heavy atom. The largest absolute Gasteiger partial charge is 0.367 e. The molecule has 34 heavy (non-hydrogen) atoms. The molecule has 2 aliphatic rings. The summed E-state index contributed by atoms with van der Waals surface area (Å²) in [5.74, 6) is 1.86. The first-order valence-electron chi connectivity index (χ1n) is 11.8. The minimum atomic E-state index is -0.231. The van der Waals surface area contributed by atoms with Gasteiger partial charge in [0.05, 0.1) is 17.6 Å². The second kappa shape index (κ2) is 9.66. The van der Waals surface area contributed by atoms with Gasteiger partial charge in [-0.25, -0.2) is 4.98 Å². The molecule has 3 heterocycles. The molecule has 3 aromatic heterocycles. The van der Waals surface area contributed by atoms with Crippen molar-refractivity contribution in [1.29, 1.82) is 0 Å². The average molecular weight is 464 g/mol. The van der Waals surface area contributed by atoms with Gasteiger partial charge in [0.25, 0.3) is 11.5 Å². The minimum Gasteiger partial charge on any atom is -0.367 e. The summed E-state index contributed by atoms with van der Waals surface area (Å²) < 4.78 is 6.39. The molecule has 3 aromatic rings. The van der Waals surface area contributed by atoms with Gasteiger partial charge >= 0.3 is 0 Å². The first kappa shape index (κ1) is 22.1. The van der Waals surface area contributed by atoms with Crippen LogP contribution in [0, 0.1) is 12.8 Å². The van der Waals surface area contributed by atoms with Crippen LogP contribution in [0.25, 0.3) is 5.69 Å². The van der Waals surface area contributed by atoms with Gasteiger partial charge in [0.15, 0.2) is 0 Å². The lowest BCUT2D eigenvalue weighted by atomic mass is 9.93. The highest BCUT2D eigenvalue weighted by molar-refractivity contribution is 5.91. The van der Waals surface area contributed by atoms with E-state index in [9.17, 15) is 9.59 Å². The van der Waals surface area contributed by atoms with E-state index in [4.69, 9.17) is 4.52 Å². The summed E-state index contributed by atoms with van der Waals surface area (Å²) in [6.45, 7) is 2.39. The SMILES string of the molecule is Cc1cc(C(=O)NC[C@H]2CC[C@@H](Nc3ccc(-n4nc(NC5CCC5)ccc4=O)cn3)C2)on1. The molecule has 0 radical (unpaired) electrons. The smallest absolute Gasteiger partial charge is 0.289 e. The molecule has 0 unspecified atom stereocenters. The third kappa shape index (κ3) is 5.11. The van der Waals surface area contributed by atoms with E-state index in [1.807, 2.05) is 12.1 Å². The highest BCUT2D eigenvalue weighted by Gasteiger charge is 2.26. The summed E-state index contributed by atoms with van der Waals surface area (Å²) in [6.07, 6.45) is 8.13. The van der Waals surface area contributed by atoms with Crippen LogP contribution in [0.1, 0.15) is 54.8 Å². The maximum atomic E-state index is 12.3. The summed E-state index contributed by atoms with van der Waals surface area (Å²) in [5.41, 5.74) is 1.12. The van der Waals surface area contributed by atoms with Crippen molar-refractivity contribution in [1.82, 2.24) is 25.2 Å². The predicted molar refractivity (Wildman–Crippen MR) is 127 cm³/mol. The molecule has 0 aromatic carbocycles. The van der Waals surface area contributed by atoms with Crippen LogP contribution in [-0.4, -0.2) is 44.5 Å². The Balaban J connectivity index is 1.14. The fourth-order valence-corrected chi connectivity index (χ4v) is 4.43. The van der Waals surface area contributed by atoms with E-state index in [2.05, 4.69) is 31.2 Å². The Labute approximate surface area is 197 Å². The molecule has 0 spiro atoms. The molecular formula is C24H29N7O3. The van der Waals surface area contributed by atoms with Gasteiger partial charge in [0.2, 0.25) is 5.76 Å². The average Bonchev–Trinajstić information content (AvgIpc) is 3.45. The fraction of sp³-hybridized carbons (Fsp3) is 0.458. The van der Waals surface area contributed by atoms with Gasteiger partial charge in [0, 0.05) is 30.8 Å². The van der Waals surface area contributed by atoms with Gasteiger partial charge in [-0.2, -0.15) is 4.68 Å². The molecule has 2 aliphatic carbocycles. The first-order valence-corrected chi connectivity index (χ1v) is 11.8. The van der Waals surface area contributed by atoms with Crippen molar-refractivity contribution in [2.75, 3.05) is 17.2 Å². The minimum absolute atomic E-state index is 0.192. The molecule has 10 heteroatoms. The van der Waals surface area contributed by atoms with Gasteiger partial charge < -0.3 is 20.5 Å². The van der Waals surface area contributed by atoms with E-state index in [-0.39, 0.29) is 23.3 Å². The first-order chi connectivity index (χ1) is 16.5. The van der Waals surface area contributed by atoms with E-state index < -0.39 is 0 Å². The van der Waals surface area contributed by atoms with Crippen LogP contribution >= 0.6 is 0 Å². The van der Waals surface area contributed by atoms with Crippen molar-refractivity contribution in [3.05, 3.63) is 58.3 Å². The quantitative estimate of drug-likeness (QED) is 0.465. The molecule has 0 saturated heterocycles. The summed E-state index contributed by atoms with van der Waals surface area (Å²) in [6, 6.07) is 9.34. The third-order valence-corrected chi connectivity index (χ3v) is 6.55. The number of hydrogen-bond donors (Lipinski definition) is 3. The van der Waals surface area contributed by atoms with E-state index in [0.29, 0.717) is 35.7 Å². The number of carbonyl (C=O) groups is 1. The van der Waals surface area contributed by atoms with Gasteiger partial charge in [-0.05, 0) is 69.6 Å². The number of hydrogen-bond acceptors (Lipinski definition) is 8. The number of rotatable bonds is 8. The molecular weight excluding hydrogens is 434 g/mol. The van der Waals surface area contributed by atoms with E-state index in [1.54, 1.807) is 25.3 Å². The van der Waals surface area contributed by atoms with Crippen molar-refractivity contribution in [3.8, 4) is 5.69 Å².